The Balaban J connectivity index is 5.24. The van der Waals surface area contributed by atoms with Crippen molar-refractivity contribution in [2.24, 2.45) is 11.8 Å². The second-order valence-electron chi connectivity index (χ2n) is 25.8. The predicted molar refractivity (Wildman–Crippen MR) is 358 cm³/mol. The summed E-state index contributed by atoms with van der Waals surface area (Å²) >= 11 is 0. The van der Waals surface area contributed by atoms with Gasteiger partial charge in [-0.05, 0) is 37.5 Å². The normalized spacial score (nSPS) is 14.8. The molecule has 0 amide bonds. The van der Waals surface area contributed by atoms with Gasteiger partial charge in [0, 0.05) is 25.7 Å². The summed E-state index contributed by atoms with van der Waals surface area (Å²) in [4.78, 5) is 72.5. The monoisotopic (exact) mass is 1310 g/mol. The van der Waals surface area contributed by atoms with Crippen molar-refractivity contribution in [2.75, 3.05) is 39.6 Å². The lowest BCUT2D eigenvalue weighted by Gasteiger charge is -2.21. The maximum absolute atomic E-state index is 13.0. The Kier molecular flexibility index (Phi) is 60.8. The lowest BCUT2D eigenvalue weighted by Crippen LogP contribution is -2.30. The smallest absolute Gasteiger partial charge is 0.462 e. The molecule has 0 aromatic rings. The molecule has 0 aromatic carbocycles. The number of carbonyl (C=O) groups is 4. The fourth-order valence-electron chi connectivity index (χ4n) is 10.5. The number of esters is 4. The molecule has 0 rings (SSSR count). The summed E-state index contributed by atoms with van der Waals surface area (Å²) in [6.07, 6.45) is 47.1. The molecule has 0 aliphatic heterocycles. The summed E-state index contributed by atoms with van der Waals surface area (Å²) in [6, 6.07) is 0. The topological polar surface area (TPSA) is 237 Å². The van der Waals surface area contributed by atoms with E-state index in [1.54, 1.807) is 0 Å². The van der Waals surface area contributed by atoms with Gasteiger partial charge in [-0.1, -0.05) is 305 Å². The summed E-state index contributed by atoms with van der Waals surface area (Å²) in [7, 11) is -9.90. The minimum absolute atomic E-state index is 0.103. The summed E-state index contributed by atoms with van der Waals surface area (Å²) < 4.78 is 68.2. The van der Waals surface area contributed by atoms with E-state index in [1.807, 2.05) is 0 Å². The number of unbranched alkanes of at least 4 members (excludes halogenated alkanes) is 37. The summed E-state index contributed by atoms with van der Waals surface area (Å²) in [5.74, 6) is -0.597. The summed E-state index contributed by atoms with van der Waals surface area (Å²) in [5, 5.41) is 10.6. The lowest BCUT2D eigenvalue weighted by molar-refractivity contribution is -0.161. The quantitative estimate of drug-likeness (QED) is 0.0222. The molecule has 3 N–H and O–H groups in total. The van der Waals surface area contributed by atoms with E-state index in [4.69, 9.17) is 37.0 Å². The molecule has 89 heavy (non-hydrogen) atoms. The van der Waals surface area contributed by atoms with E-state index in [9.17, 15) is 43.2 Å². The van der Waals surface area contributed by atoms with Crippen LogP contribution in [0.2, 0.25) is 0 Å². The molecule has 528 valence electrons. The first-order valence-electron chi connectivity index (χ1n) is 36.6. The maximum Gasteiger partial charge on any atom is 0.472 e. The van der Waals surface area contributed by atoms with Gasteiger partial charge in [-0.3, -0.25) is 37.3 Å². The van der Waals surface area contributed by atoms with Crippen molar-refractivity contribution in [2.45, 2.75) is 374 Å². The molecule has 7 atom stereocenters. The van der Waals surface area contributed by atoms with Crippen LogP contribution in [-0.2, 0) is 65.4 Å². The van der Waals surface area contributed by atoms with Gasteiger partial charge in [-0.15, -0.1) is 0 Å². The third kappa shape index (κ3) is 62.0. The van der Waals surface area contributed by atoms with Crippen molar-refractivity contribution in [1.82, 2.24) is 0 Å². The number of hydrogen-bond acceptors (Lipinski definition) is 15. The number of aliphatic hydroxyl groups excluding tert-OH is 1. The Bertz CT molecular complexity index is 1740. The first kappa shape index (κ1) is 87.1. The second-order valence-corrected chi connectivity index (χ2v) is 28.7. The summed E-state index contributed by atoms with van der Waals surface area (Å²) in [5.41, 5.74) is 0. The molecule has 0 saturated heterocycles. The minimum Gasteiger partial charge on any atom is -0.462 e. The van der Waals surface area contributed by atoms with E-state index in [2.05, 4.69) is 41.5 Å². The van der Waals surface area contributed by atoms with E-state index in [0.29, 0.717) is 25.7 Å². The van der Waals surface area contributed by atoms with Crippen molar-refractivity contribution in [1.29, 1.82) is 0 Å². The van der Waals surface area contributed by atoms with E-state index in [-0.39, 0.29) is 25.7 Å². The third-order valence-electron chi connectivity index (χ3n) is 16.9. The van der Waals surface area contributed by atoms with Crippen LogP contribution in [-0.4, -0.2) is 96.7 Å². The molecule has 0 spiro atoms. The van der Waals surface area contributed by atoms with E-state index in [1.165, 1.54) is 173 Å². The lowest BCUT2D eigenvalue weighted by atomic mass is 9.99. The summed E-state index contributed by atoms with van der Waals surface area (Å²) in [6.45, 7) is 9.52. The highest BCUT2D eigenvalue weighted by atomic mass is 31.2. The average molecular weight is 1310 g/mol. The van der Waals surface area contributed by atoms with Crippen molar-refractivity contribution < 1.29 is 80.2 Å². The Morgan fingerprint density at radius 3 is 0.798 bits per heavy atom. The Morgan fingerprint density at radius 1 is 0.315 bits per heavy atom. The first-order chi connectivity index (χ1) is 42.9. The van der Waals surface area contributed by atoms with Gasteiger partial charge in [0.25, 0.3) is 0 Å². The molecule has 0 saturated carbocycles. The molecule has 0 aromatic heterocycles. The van der Waals surface area contributed by atoms with Crippen molar-refractivity contribution in [3.8, 4) is 0 Å². The van der Waals surface area contributed by atoms with Gasteiger partial charge in [0.15, 0.2) is 12.2 Å². The largest absolute Gasteiger partial charge is 0.472 e. The number of aliphatic hydroxyl groups is 1. The van der Waals surface area contributed by atoms with Crippen LogP contribution in [0.25, 0.3) is 0 Å². The average Bonchev–Trinajstić information content (AvgIpc) is 3.73. The van der Waals surface area contributed by atoms with Gasteiger partial charge < -0.3 is 33.8 Å². The van der Waals surface area contributed by atoms with Crippen molar-refractivity contribution >= 4 is 39.5 Å². The molecule has 4 unspecified atom stereocenters. The van der Waals surface area contributed by atoms with Gasteiger partial charge in [0.05, 0.1) is 26.4 Å². The van der Waals surface area contributed by atoms with Crippen LogP contribution in [0.1, 0.15) is 356 Å². The van der Waals surface area contributed by atoms with Gasteiger partial charge in [0.2, 0.25) is 0 Å². The molecule has 0 aliphatic rings. The number of carbonyl (C=O) groups excluding carboxylic acids is 4. The predicted octanol–water partition coefficient (Wildman–Crippen LogP) is 20.0. The highest BCUT2D eigenvalue weighted by molar-refractivity contribution is 7.47. The highest BCUT2D eigenvalue weighted by Gasteiger charge is 2.30. The SMILES string of the molecule is CCCCCCCCCCCCCCCCCCC(=O)O[C@H](COC(=O)CCCCCCCCCCCCC(C)CC)COP(=O)(O)OC[C@@H](O)COP(=O)(O)OC[C@@H](COC(=O)CCCCCCCCCCC)OC(=O)CCCCCCCCC(C)CC. The molecular formula is C70H136O17P2. The van der Waals surface area contributed by atoms with Gasteiger partial charge in [0.1, 0.15) is 19.3 Å². The minimum atomic E-state index is -4.95. The van der Waals surface area contributed by atoms with Gasteiger partial charge in [-0.2, -0.15) is 0 Å². The second kappa shape index (κ2) is 62.2. The number of hydrogen-bond donors (Lipinski definition) is 3. The van der Waals surface area contributed by atoms with E-state index < -0.39 is 97.5 Å². The zero-order valence-corrected chi connectivity index (χ0v) is 59.5. The van der Waals surface area contributed by atoms with E-state index >= 15 is 0 Å². The van der Waals surface area contributed by atoms with Crippen LogP contribution in [0.3, 0.4) is 0 Å². The number of phosphoric ester groups is 2. The molecule has 0 fully saturated rings. The van der Waals surface area contributed by atoms with Crippen LogP contribution < -0.4 is 0 Å². The fourth-order valence-corrected chi connectivity index (χ4v) is 12.1. The van der Waals surface area contributed by atoms with Crippen LogP contribution in [0.4, 0.5) is 0 Å². The molecule has 0 aliphatic carbocycles. The zero-order chi connectivity index (χ0) is 65.7. The molecule has 17 nitrogen and oxygen atoms in total. The fraction of sp³-hybridized carbons (Fsp3) is 0.943. The van der Waals surface area contributed by atoms with Gasteiger partial charge in [-0.25, -0.2) is 9.13 Å². The zero-order valence-electron chi connectivity index (χ0n) is 57.7. The molecule has 0 heterocycles. The van der Waals surface area contributed by atoms with Crippen LogP contribution in [0.15, 0.2) is 0 Å². The van der Waals surface area contributed by atoms with Crippen molar-refractivity contribution in [3.05, 3.63) is 0 Å². The number of rotatable bonds is 69. The molecular weight excluding hydrogens is 1170 g/mol. The highest BCUT2D eigenvalue weighted by Crippen LogP contribution is 2.45. The van der Waals surface area contributed by atoms with Crippen LogP contribution >= 0.6 is 15.6 Å². The first-order valence-corrected chi connectivity index (χ1v) is 39.6. The third-order valence-corrected chi connectivity index (χ3v) is 18.8. The maximum atomic E-state index is 13.0. The van der Waals surface area contributed by atoms with Crippen LogP contribution in [0.5, 0.6) is 0 Å². The van der Waals surface area contributed by atoms with Crippen LogP contribution in [0, 0.1) is 11.8 Å². The number of phosphoric acid groups is 2. The van der Waals surface area contributed by atoms with E-state index in [0.717, 1.165) is 102 Å². The molecule has 19 heteroatoms. The van der Waals surface area contributed by atoms with Gasteiger partial charge >= 0.3 is 39.5 Å². The Labute approximate surface area is 543 Å². The van der Waals surface area contributed by atoms with Crippen molar-refractivity contribution in [3.63, 3.8) is 0 Å². The molecule has 0 radical (unpaired) electrons. The standard InChI is InChI=1S/C70H136O17P2/c1-7-11-13-15-17-19-20-21-22-23-24-25-31-35-42-48-54-69(74)86-65(58-81-68(73)53-47-41-34-30-27-26-29-32-38-44-50-62(5)9-3)60-84-88(76,77)82-56-64(71)57-83-89(78,79)85-61-66(59-80-67(72)52-46-40-33-28-18-16-14-12-8-2)87-70(75)55-49-43-37-36-39-45-51-63(6)10-4/h62-66,71H,7-61H2,1-6H3,(H,76,77)(H,78,79)/t62?,63?,64-,65-,66-/m1/s1. The number of ether oxygens (including phenoxy) is 4. The molecule has 0 bridgehead atoms. The Hall–Kier alpha value is -1.94. The Morgan fingerprint density at radius 2 is 0.539 bits per heavy atom.